The largest absolute Gasteiger partial charge is 0.355 e. The van der Waals surface area contributed by atoms with Crippen molar-refractivity contribution in [3.8, 4) is 0 Å². The second kappa shape index (κ2) is 6.97. The molecule has 0 saturated carbocycles. The van der Waals surface area contributed by atoms with Gasteiger partial charge in [-0.05, 0) is 36.4 Å². The van der Waals surface area contributed by atoms with E-state index in [0.29, 0.717) is 0 Å². The highest BCUT2D eigenvalue weighted by Crippen LogP contribution is 2.34. The maximum atomic E-state index is 4.45. The first-order chi connectivity index (χ1) is 12.4. The summed E-state index contributed by atoms with van der Waals surface area (Å²) in [5, 5.41) is 14.5. The zero-order valence-corrected chi connectivity index (χ0v) is 13.6. The second-order valence-corrected chi connectivity index (χ2v) is 5.70. The summed E-state index contributed by atoms with van der Waals surface area (Å²) in [6.07, 6.45) is 0. The molecule has 0 saturated heterocycles. The van der Waals surface area contributed by atoms with Gasteiger partial charge in [0.25, 0.3) is 0 Å². The first-order valence-electron chi connectivity index (χ1n) is 8.21. The molecule has 0 aliphatic rings. The third kappa shape index (κ3) is 3.40. The molecule has 0 atom stereocenters. The van der Waals surface area contributed by atoms with Gasteiger partial charge in [0.15, 0.2) is 0 Å². The van der Waals surface area contributed by atoms with E-state index in [1.54, 1.807) is 0 Å². The van der Waals surface area contributed by atoms with Crippen molar-refractivity contribution < 1.29 is 0 Å². The van der Waals surface area contributed by atoms with Gasteiger partial charge in [0.1, 0.15) is 0 Å². The van der Waals surface area contributed by atoms with Crippen molar-refractivity contribution in [3.63, 3.8) is 0 Å². The number of anilines is 2. The Morgan fingerprint density at radius 3 is 1.92 bits per heavy atom. The summed E-state index contributed by atoms with van der Waals surface area (Å²) >= 11 is 0. The monoisotopic (exact) mass is 323 g/mol. The minimum atomic E-state index is 0.845. The van der Waals surface area contributed by atoms with E-state index >= 15 is 0 Å². The summed E-state index contributed by atoms with van der Waals surface area (Å²) < 4.78 is 0. The number of hydrogen-bond acceptors (Lipinski definition) is 3. The Balaban J connectivity index is 1.73. The SMILES string of the molecule is c1ccc(N=Nc2ccc(Nc3ccccc3)c3ccccc23)cc1. The third-order valence-electron chi connectivity index (χ3n) is 3.98. The fraction of sp³-hybridized carbons (Fsp3) is 0. The molecule has 4 rings (SSSR count). The molecule has 1 N–H and O–H groups in total. The Hall–Kier alpha value is -3.46. The molecule has 4 aromatic carbocycles. The van der Waals surface area contributed by atoms with Crippen LogP contribution in [0.3, 0.4) is 0 Å². The molecule has 0 amide bonds. The Bertz CT molecular complexity index is 1010. The average molecular weight is 323 g/mol. The molecule has 0 unspecified atom stereocenters. The summed E-state index contributed by atoms with van der Waals surface area (Å²) in [4.78, 5) is 0. The van der Waals surface area contributed by atoms with Crippen molar-refractivity contribution >= 4 is 33.5 Å². The predicted octanol–water partition coefficient (Wildman–Crippen LogP) is 7.00. The van der Waals surface area contributed by atoms with Crippen LogP contribution in [0.15, 0.2) is 107 Å². The van der Waals surface area contributed by atoms with Crippen LogP contribution in [0.1, 0.15) is 0 Å². The highest BCUT2D eigenvalue weighted by molar-refractivity contribution is 6.01. The number of nitrogens with zero attached hydrogens (tertiary/aromatic N) is 2. The van der Waals surface area contributed by atoms with Crippen LogP contribution in [-0.2, 0) is 0 Å². The molecule has 0 bridgehead atoms. The number of benzene rings is 4. The van der Waals surface area contributed by atoms with Gasteiger partial charge in [0, 0.05) is 22.1 Å². The second-order valence-electron chi connectivity index (χ2n) is 5.70. The summed E-state index contributed by atoms with van der Waals surface area (Å²) in [5.74, 6) is 0. The van der Waals surface area contributed by atoms with E-state index < -0.39 is 0 Å². The fourth-order valence-electron chi connectivity index (χ4n) is 2.76. The standard InChI is InChI=1S/C22H17N3/c1-3-9-17(10-4-1)23-21-15-16-22(20-14-8-7-13-19(20)21)25-24-18-11-5-2-6-12-18/h1-16,23H. The molecule has 25 heavy (non-hydrogen) atoms. The van der Waals surface area contributed by atoms with Gasteiger partial charge in [-0.3, -0.25) is 0 Å². The maximum Gasteiger partial charge on any atom is 0.0936 e. The van der Waals surface area contributed by atoms with E-state index in [4.69, 9.17) is 0 Å². The number of azo groups is 1. The van der Waals surface area contributed by atoms with Crippen LogP contribution in [0.2, 0.25) is 0 Å². The van der Waals surface area contributed by atoms with Gasteiger partial charge in [-0.1, -0.05) is 60.7 Å². The van der Waals surface area contributed by atoms with Crippen molar-refractivity contribution in [2.45, 2.75) is 0 Å². The number of nitrogens with one attached hydrogen (secondary N) is 1. The molecule has 0 radical (unpaired) electrons. The Labute approximate surface area is 146 Å². The molecule has 0 aliphatic carbocycles. The molecule has 120 valence electrons. The first-order valence-corrected chi connectivity index (χ1v) is 8.21. The molecule has 3 nitrogen and oxygen atoms in total. The number of rotatable bonds is 4. The van der Waals surface area contributed by atoms with Crippen LogP contribution in [-0.4, -0.2) is 0 Å². The van der Waals surface area contributed by atoms with Crippen molar-refractivity contribution in [1.29, 1.82) is 0 Å². The predicted molar refractivity (Wildman–Crippen MR) is 104 cm³/mol. The van der Waals surface area contributed by atoms with Gasteiger partial charge in [-0.25, -0.2) is 0 Å². The van der Waals surface area contributed by atoms with Crippen LogP contribution in [0.5, 0.6) is 0 Å². The van der Waals surface area contributed by atoms with Crippen molar-refractivity contribution in [2.24, 2.45) is 10.2 Å². The highest BCUT2D eigenvalue weighted by Gasteiger charge is 2.05. The maximum absolute atomic E-state index is 4.45. The average Bonchev–Trinajstić information content (AvgIpc) is 2.69. The number of fused-ring (bicyclic) bond motifs is 1. The lowest BCUT2D eigenvalue weighted by molar-refractivity contribution is 1.24. The van der Waals surface area contributed by atoms with Gasteiger partial charge >= 0.3 is 0 Å². The van der Waals surface area contributed by atoms with Gasteiger partial charge in [-0.2, -0.15) is 5.11 Å². The van der Waals surface area contributed by atoms with E-state index in [-0.39, 0.29) is 0 Å². The van der Waals surface area contributed by atoms with Crippen LogP contribution in [0.25, 0.3) is 10.8 Å². The van der Waals surface area contributed by atoms with Crippen molar-refractivity contribution in [2.75, 3.05) is 5.32 Å². The number of para-hydroxylation sites is 1. The normalized spacial score (nSPS) is 11.0. The van der Waals surface area contributed by atoms with Crippen LogP contribution < -0.4 is 5.32 Å². The number of hydrogen-bond donors (Lipinski definition) is 1. The van der Waals surface area contributed by atoms with Gasteiger partial charge in [0.2, 0.25) is 0 Å². The van der Waals surface area contributed by atoms with E-state index in [1.807, 2.05) is 66.7 Å². The first kappa shape index (κ1) is 15.1. The topological polar surface area (TPSA) is 36.8 Å². The molecule has 0 heterocycles. The Kier molecular flexibility index (Phi) is 4.21. The summed E-state index contributed by atoms with van der Waals surface area (Å²) in [6, 6.07) is 32.2. The molecule has 0 aliphatic heterocycles. The minimum absolute atomic E-state index is 0.845. The van der Waals surface area contributed by atoms with Crippen LogP contribution >= 0.6 is 0 Å². The molecule has 0 aromatic heterocycles. The third-order valence-corrected chi connectivity index (χ3v) is 3.98. The fourth-order valence-corrected chi connectivity index (χ4v) is 2.76. The van der Waals surface area contributed by atoms with E-state index in [0.717, 1.165) is 33.5 Å². The minimum Gasteiger partial charge on any atom is -0.355 e. The highest BCUT2D eigenvalue weighted by atomic mass is 15.1. The zero-order valence-electron chi connectivity index (χ0n) is 13.6. The summed E-state index contributed by atoms with van der Waals surface area (Å²) in [7, 11) is 0. The van der Waals surface area contributed by atoms with Crippen LogP contribution in [0, 0.1) is 0 Å². The van der Waals surface area contributed by atoms with Gasteiger partial charge < -0.3 is 5.32 Å². The lowest BCUT2D eigenvalue weighted by Crippen LogP contribution is -1.91. The van der Waals surface area contributed by atoms with Gasteiger partial charge in [-0.15, -0.1) is 5.11 Å². The van der Waals surface area contributed by atoms with Gasteiger partial charge in [0.05, 0.1) is 11.4 Å². The lowest BCUT2D eigenvalue weighted by atomic mass is 10.1. The zero-order chi connectivity index (χ0) is 16.9. The van der Waals surface area contributed by atoms with E-state index in [1.165, 1.54) is 0 Å². The molecule has 3 heteroatoms. The molecule has 0 spiro atoms. The van der Waals surface area contributed by atoms with Crippen LogP contribution in [0.4, 0.5) is 22.7 Å². The molecular formula is C22H17N3. The summed E-state index contributed by atoms with van der Waals surface area (Å²) in [5.41, 5.74) is 3.82. The summed E-state index contributed by atoms with van der Waals surface area (Å²) in [6.45, 7) is 0. The quantitative estimate of drug-likeness (QED) is 0.403. The Morgan fingerprint density at radius 1 is 0.520 bits per heavy atom. The van der Waals surface area contributed by atoms with Crippen molar-refractivity contribution in [3.05, 3.63) is 97.1 Å². The van der Waals surface area contributed by atoms with E-state index in [9.17, 15) is 0 Å². The molecular weight excluding hydrogens is 306 g/mol. The smallest absolute Gasteiger partial charge is 0.0936 e. The van der Waals surface area contributed by atoms with Crippen molar-refractivity contribution in [1.82, 2.24) is 0 Å². The molecule has 0 fully saturated rings. The lowest BCUT2D eigenvalue weighted by Gasteiger charge is -2.11. The van der Waals surface area contributed by atoms with E-state index in [2.05, 4.69) is 45.9 Å². The molecule has 4 aromatic rings. The Morgan fingerprint density at radius 2 is 1.16 bits per heavy atom.